The Kier molecular flexibility index (Phi) is 5.30. The molecule has 1 aromatic carbocycles. The number of hydrogen-bond donors (Lipinski definition) is 0. The van der Waals surface area contributed by atoms with E-state index in [1.807, 2.05) is 24.4 Å². The first kappa shape index (κ1) is 17.9. The summed E-state index contributed by atoms with van der Waals surface area (Å²) in [6.45, 7) is 4.10. The predicted octanol–water partition coefficient (Wildman–Crippen LogP) is 4.33. The highest BCUT2D eigenvalue weighted by Crippen LogP contribution is 2.24. The zero-order valence-electron chi connectivity index (χ0n) is 14.9. The fourth-order valence-electron chi connectivity index (χ4n) is 2.46. The second-order valence-electron chi connectivity index (χ2n) is 5.85. The van der Waals surface area contributed by atoms with Gasteiger partial charge in [-0.25, -0.2) is 4.98 Å². The van der Waals surface area contributed by atoms with E-state index >= 15 is 0 Å². The van der Waals surface area contributed by atoms with E-state index in [0.717, 1.165) is 22.7 Å². The number of benzene rings is 1. The van der Waals surface area contributed by atoms with E-state index in [2.05, 4.69) is 44.4 Å². The number of hydrogen-bond acceptors (Lipinski definition) is 9. The summed E-state index contributed by atoms with van der Waals surface area (Å²) in [5, 5.41) is 15.7. The fraction of sp³-hybridized carbons (Fsp3) is 0.278. The molecule has 3 heterocycles. The zero-order chi connectivity index (χ0) is 18.6. The molecular formula is C18H17N5O2S2. The fourth-order valence-corrected chi connectivity index (χ4v) is 3.69. The summed E-state index contributed by atoms with van der Waals surface area (Å²) in [4.78, 5) is 8.83. The first-order valence-electron chi connectivity index (χ1n) is 8.47. The number of rotatable bonds is 7. The smallest absolute Gasteiger partial charge is 0.277 e. The summed E-state index contributed by atoms with van der Waals surface area (Å²) in [6, 6.07) is 8.16. The van der Waals surface area contributed by atoms with Crippen LogP contribution in [0.4, 0.5) is 0 Å². The van der Waals surface area contributed by atoms with Crippen molar-refractivity contribution in [2.75, 3.05) is 0 Å². The first-order valence-corrected chi connectivity index (χ1v) is 10.3. The van der Waals surface area contributed by atoms with Crippen LogP contribution < -0.4 is 0 Å². The Labute approximate surface area is 164 Å². The van der Waals surface area contributed by atoms with Gasteiger partial charge in [-0.3, -0.25) is 0 Å². The molecule has 4 aromatic rings. The van der Waals surface area contributed by atoms with Gasteiger partial charge >= 0.3 is 0 Å². The second kappa shape index (κ2) is 8.01. The minimum atomic E-state index is 0.470. The quantitative estimate of drug-likeness (QED) is 0.424. The van der Waals surface area contributed by atoms with Crippen molar-refractivity contribution < 1.29 is 8.94 Å². The lowest BCUT2D eigenvalue weighted by molar-refractivity contribution is 0.389. The molecule has 4 rings (SSSR count). The molecule has 138 valence electrons. The van der Waals surface area contributed by atoms with Crippen molar-refractivity contribution in [2.45, 2.75) is 37.7 Å². The minimum Gasteiger partial charge on any atom is -0.416 e. The van der Waals surface area contributed by atoms with E-state index in [9.17, 15) is 0 Å². The number of aryl methyl sites for hydroxylation is 2. The molecule has 0 spiro atoms. The number of thioether (sulfide) groups is 1. The molecule has 0 aliphatic carbocycles. The third kappa shape index (κ3) is 4.42. The maximum absolute atomic E-state index is 5.65. The maximum atomic E-state index is 5.65. The average molecular weight is 400 g/mol. The molecule has 0 bridgehead atoms. The summed E-state index contributed by atoms with van der Waals surface area (Å²) in [7, 11) is 0. The molecular weight excluding hydrogens is 382 g/mol. The van der Waals surface area contributed by atoms with E-state index in [1.54, 1.807) is 11.3 Å². The van der Waals surface area contributed by atoms with Crippen LogP contribution in [0.2, 0.25) is 0 Å². The summed E-state index contributed by atoms with van der Waals surface area (Å²) < 4.78 is 11.0. The van der Waals surface area contributed by atoms with Crippen molar-refractivity contribution in [1.82, 2.24) is 25.3 Å². The molecule has 0 fully saturated rings. The predicted molar refractivity (Wildman–Crippen MR) is 103 cm³/mol. The molecule has 9 heteroatoms. The van der Waals surface area contributed by atoms with Gasteiger partial charge in [0.1, 0.15) is 0 Å². The van der Waals surface area contributed by atoms with Gasteiger partial charge in [0.25, 0.3) is 5.22 Å². The number of nitrogens with zero attached hydrogens (tertiary/aromatic N) is 5. The highest BCUT2D eigenvalue weighted by Gasteiger charge is 2.13. The second-order valence-corrected chi connectivity index (χ2v) is 7.84. The first-order chi connectivity index (χ1) is 13.2. The Balaban J connectivity index is 1.36. The SMILES string of the molecule is CCc1ccc(-c2noc(CSc3nnc(Cc4csc(C)n4)o3)n2)cc1. The van der Waals surface area contributed by atoms with Gasteiger partial charge in [0.05, 0.1) is 22.9 Å². The molecule has 0 amide bonds. The normalized spacial score (nSPS) is 11.2. The highest BCUT2D eigenvalue weighted by atomic mass is 32.2. The van der Waals surface area contributed by atoms with Crippen LogP contribution in [0.25, 0.3) is 11.4 Å². The van der Waals surface area contributed by atoms with Gasteiger partial charge < -0.3 is 8.94 Å². The van der Waals surface area contributed by atoms with Crippen LogP contribution >= 0.6 is 23.1 Å². The van der Waals surface area contributed by atoms with Gasteiger partial charge in [0.2, 0.25) is 17.6 Å². The van der Waals surface area contributed by atoms with Crippen molar-refractivity contribution in [2.24, 2.45) is 0 Å². The van der Waals surface area contributed by atoms with Gasteiger partial charge in [0.15, 0.2) is 0 Å². The Morgan fingerprint density at radius 1 is 1.07 bits per heavy atom. The zero-order valence-corrected chi connectivity index (χ0v) is 16.5. The van der Waals surface area contributed by atoms with Crippen LogP contribution in [0.1, 0.15) is 35.0 Å². The summed E-state index contributed by atoms with van der Waals surface area (Å²) in [5.41, 5.74) is 3.15. The topological polar surface area (TPSA) is 90.7 Å². The van der Waals surface area contributed by atoms with E-state index in [4.69, 9.17) is 8.94 Å². The van der Waals surface area contributed by atoms with E-state index in [-0.39, 0.29) is 0 Å². The lowest BCUT2D eigenvalue weighted by Crippen LogP contribution is -1.88. The molecule has 0 atom stereocenters. The summed E-state index contributed by atoms with van der Waals surface area (Å²) in [6.07, 6.45) is 1.54. The third-order valence-electron chi connectivity index (χ3n) is 3.85. The van der Waals surface area contributed by atoms with E-state index in [1.165, 1.54) is 17.3 Å². The Morgan fingerprint density at radius 3 is 2.67 bits per heavy atom. The van der Waals surface area contributed by atoms with Crippen LogP contribution in [0.3, 0.4) is 0 Å². The molecule has 0 aliphatic rings. The van der Waals surface area contributed by atoms with Gasteiger partial charge in [-0.15, -0.1) is 21.5 Å². The minimum absolute atomic E-state index is 0.470. The molecule has 0 saturated heterocycles. The largest absolute Gasteiger partial charge is 0.416 e. The van der Waals surface area contributed by atoms with Crippen molar-refractivity contribution in [3.05, 3.63) is 57.7 Å². The number of aromatic nitrogens is 5. The summed E-state index contributed by atoms with van der Waals surface area (Å²) >= 11 is 2.98. The van der Waals surface area contributed by atoms with Crippen LogP contribution in [-0.2, 0) is 18.6 Å². The molecule has 7 nitrogen and oxygen atoms in total. The molecule has 0 saturated carbocycles. The van der Waals surface area contributed by atoms with Crippen molar-refractivity contribution in [1.29, 1.82) is 0 Å². The Bertz CT molecular complexity index is 1020. The molecule has 0 radical (unpaired) electrons. The van der Waals surface area contributed by atoms with Gasteiger partial charge in [-0.05, 0) is 18.9 Å². The van der Waals surface area contributed by atoms with Crippen LogP contribution in [0, 0.1) is 6.92 Å². The van der Waals surface area contributed by atoms with E-state index < -0.39 is 0 Å². The van der Waals surface area contributed by atoms with Crippen molar-refractivity contribution in [3.8, 4) is 11.4 Å². The van der Waals surface area contributed by atoms with Crippen molar-refractivity contribution >= 4 is 23.1 Å². The van der Waals surface area contributed by atoms with Gasteiger partial charge in [-0.1, -0.05) is 48.1 Å². The standard InChI is InChI=1S/C18H17N5O2S2/c1-3-12-4-6-13(7-5-12)17-20-16(25-23-17)10-27-18-22-21-15(24-18)8-14-9-26-11(2)19-14/h4-7,9H,3,8,10H2,1-2H3. The molecule has 27 heavy (non-hydrogen) atoms. The van der Waals surface area contributed by atoms with Gasteiger partial charge in [-0.2, -0.15) is 4.98 Å². The molecule has 3 aromatic heterocycles. The molecule has 0 unspecified atom stereocenters. The Hall–Kier alpha value is -2.52. The van der Waals surface area contributed by atoms with E-state index in [0.29, 0.717) is 35.0 Å². The Morgan fingerprint density at radius 2 is 1.93 bits per heavy atom. The van der Waals surface area contributed by atoms with Crippen LogP contribution in [-0.4, -0.2) is 25.3 Å². The highest BCUT2D eigenvalue weighted by molar-refractivity contribution is 7.98. The average Bonchev–Trinajstić information content (AvgIpc) is 3.42. The lowest BCUT2D eigenvalue weighted by atomic mass is 10.1. The molecule has 0 aliphatic heterocycles. The van der Waals surface area contributed by atoms with Crippen LogP contribution in [0.15, 0.2) is 43.8 Å². The summed E-state index contributed by atoms with van der Waals surface area (Å²) in [5.74, 6) is 2.12. The van der Waals surface area contributed by atoms with Gasteiger partial charge in [0, 0.05) is 10.9 Å². The van der Waals surface area contributed by atoms with Crippen molar-refractivity contribution in [3.63, 3.8) is 0 Å². The third-order valence-corrected chi connectivity index (χ3v) is 5.48. The maximum Gasteiger partial charge on any atom is 0.277 e. The monoisotopic (exact) mass is 399 g/mol. The lowest BCUT2D eigenvalue weighted by Gasteiger charge is -1.97. The number of thiazole rings is 1. The molecule has 0 N–H and O–H groups in total. The van der Waals surface area contributed by atoms with Crippen LogP contribution in [0.5, 0.6) is 0 Å².